The number of carbonyl (C=O) groups excluding carboxylic acids is 2. The van der Waals surface area contributed by atoms with Crippen molar-refractivity contribution in [2.45, 2.75) is 6.42 Å². The lowest BCUT2D eigenvalue weighted by atomic mass is 9.99. The van der Waals surface area contributed by atoms with Crippen molar-refractivity contribution < 1.29 is 18.7 Å². The van der Waals surface area contributed by atoms with Crippen molar-refractivity contribution in [3.8, 4) is 17.6 Å². The third-order valence-electron chi connectivity index (χ3n) is 4.59. The first-order valence-corrected chi connectivity index (χ1v) is 9.61. The number of ether oxygens (including phenoxy) is 1. The number of nitrogens with zero attached hydrogens (tertiary/aromatic N) is 3. The Morgan fingerprint density at radius 2 is 1.97 bits per heavy atom. The lowest BCUT2D eigenvalue weighted by Gasteiger charge is -2.24. The SMILES string of the molecule is C=C1NC(=O)N(c2cc(Cl)c(Oc3ccc4c(c3F)CCNC4=O)c(Cl)c2)N=C1C#N. The van der Waals surface area contributed by atoms with Crippen molar-refractivity contribution in [2.24, 2.45) is 5.10 Å². The minimum atomic E-state index is -0.680. The Kier molecular flexibility index (Phi) is 5.27. The van der Waals surface area contributed by atoms with E-state index in [2.05, 4.69) is 22.3 Å². The molecular formula is C20H12Cl2FN5O3. The number of urea groups is 1. The number of fused-ring (bicyclic) bond motifs is 1. The predicted molar refractivity (Wildman–Crippen MR) is 112 cm³/mol. The third kappa shape index (κ3) is 3.67. The van der Waals surface area contributed by atoms with E-state index in [1.54, 1.807) is 0 Å². The second-order valence-corrected chi connectivity index (χ2v) is 7.35. The summed E-state index contributed by atoms with van der Waals surface area (Å²) in [6.45, 7) is 3.86. The van der Waals surface area contributed by atoms with Gasteiger partial charge in [-0.3, -0.25) is 4.79 Å². The van der Waals surface area contributed by atoms with Crippen LogP contribution in [0.25, 0.3) is 0 Å². The van der Waals surface area contributed by atoms with E-state index in [1.165, 1.54) is 24.3 Å². The number of halogens is 3. The second-order valence-electron chi connectivity index (χ2n) is 6.53. The average molecular weight is 460 g/mol. The molecule has 3 amide bonds. The van der Waals surface area contributed by atoms with Crippen LogP contribution in [-0.4, -0.2) is 24.2 Å². The molecule has 31 heavy (non-hydrogen) atoms. The van der Waals surface area contributed by atoms with E-state index in [9.17, 15) is 14.0 Å². The van der Waals surface area contributed by atoms with Gasteiger partial charge in [0.15, 0.2) is 23.0 Å². The highest BCUT2D eigenvalue weighted by Gasteiger charge is 2.27. The fourth-order valence-corrected chi connectivity index (χ4v) is 3.67. The summed E-state index contributed by atoms with van der Waals surface area (Å²) >= 11 is 12.6. The summed E-state index contributed by atoms with van der Waals surface area (Å²) in [6, 6.07) is 6.59. The van der Waals surface area contributed by atoms with Gasteiger partial charge in [0.25, 0.3) is 5.91 Å². The molecule has 8 nitrogen and oxygen atoms in total. The fourth-order valence-electron chi connectivity index (χ4n) is 3.12. The van der Waals surface area contributed by atoms with E-state index in [4.69, 9.17) is 33.2 Å². The number of nitriles is 1. The monoisotopic (exact) mass is 459 g/mol. The molecule has 0 atom stereocenters. The number of carbonyl (C=O) groups is 2. The summed E-state index contributed by atoms with van der Waals surface area (Å²) in [5, 5.41) is 18.9. The molecule has 2 aliphatic heterocycles. The number of amides is 3. The van der Waals surface area contributed by atoms with Crippen LogP contribution in [0.2, 0.25) is 10.0 Å². The zero-order valence-electron chi connectivity index (χ0n) is 15.6. The normalized spacial score (nSPS) is 15.5. The van der Waals surface area contributed by atoms with Gasteiger partial charge in [0.05, 0.1) is 21.4 Å². The molecule has 0 aliphatic carbocycles. The molecule has 0 spiro atoms. The van der Waals surface area contributed by atoms with E-state index in [0.717, 1.165) is 5.01 Å². The van der Waals surface area contributed by atoms with Crippen LogP contribution in [0.3, 0.4) is 0 Å². The Hall–Kier alpha value is -3.61. The van der Waals surface area contributed by atoms with Crippen LogP contribution in [-0.2, 0) is 6.42 Å². The molecule has 2 N–H and O–H groups in total. The zero-order valence-corrected chi connectivity index (χ0v) is 17.1. The van der Waals surface area contributed by atoms with Crippen molar-refractivity contribution >= 4 is 46.5 Å². The maximum absolute atomic E-state index is 14.9. The molecule has 2 aromatic rings. The van der Waals surface area contributed by atoms with Crippen LogP contribution < -0.4 is 20.4 Å². The summed E-state index contributed by atoms with van der Waals surface area (Å²) in [4.78, 5) is 24.1. The number of rotatable bonds is 3. The molecule has 0 radical (unpaired) electrons. The van der Waals surface area contributed by atoms with Gasteiger partial charge in [-0.15, -0.1) is 0 Å². The molecule has 0 fully saturated rings. The summed E-state index contributed by atoms with van der Waals surface area (Å²) in [7, 11) is 0. The molecule has 0 unspecified atom stereocenters. The summed E-state index contributed by atoms with van der Waals surface area (Å²) in [6.07, 6.45) is 0.319. The first-order chi connectivity index (χ1) is 14.8. The number of hydrogen-bond acceptors (Lipinski definition) is 5. The average Bonchev–Trinajstić information content (AvgIpc) is 2.72. The smallest absolute Gasteiger partial charge is 0.347 e. The highest BCUT2D eigenvalue weighted by atomic mass is 35.5. The Balaban J connectivity index is 1.69. The Morgan fingerprint density at radius 1 is 1.26 bits per heavy atom. The lowest BCUT2D eigenvalue weighted by Crippen LogP contribution is -2.42. The topological polar surface area (TPSA) is 107 Å². The Morgan fingerprint density at radius 3 is 2.65 bits per heavy atom. The second kappa shape index (κ2) is 7.91. The maximum Gasteiger partial charge on any atom is 0.347 e. The molecule has 2 aliphatic rings. The first kappa shape index (κ1) is 20.7. The van der Waals surface area contributed by atoms with E-state index in [0.29, 0.717) is 13.0 Å². The van der Waals surface area contributed by atoms with Gasteiger partial charge in [-0.1, -0.05) is 29.8 Å². The van der Waals surface area contributed by atoms with Gasteiger partial charge in [-0.25, -0.2) is 9.18 Å². The molecule has 0 saturated heterocycles. The van der Waals surface area contributed by atoms with Crippen molar-refractivity contribution in [2.75, 3.05) is 11.6 Å². The zero-order chi connectivity index (χ0) is 22.3. The quantitative estimate of drug-likeness (QED) is 0.718. The van der Waals surface area contributed by atoms with Crippen molar-refractivity contribution in [1.29, 1.82) is 5.26 Å². The fraction of sp³-hybridized carbons (Fsp3) is 0.100. The molecule has 4 rings (SSSR count). The molecule has 2 heterocycles. The van der Waals surface area contributed by atoms with Gasteiger partial charge in [-0.05, 0) is 30.7 Å². The van der Waals surface area contributed by atoms with Crippen LogP contribution in [0.15, 0.2) is 41.6 Å². The number of hydrogen-bond donors (Lipinski definition) is 2. The molecule has 2 aromatic carbocycles. The molecule has 11 heteroatoms. The number of hydrazone groups is 1. The minimum Gasteiger partial charge on any atom is -0.451 e. The number of anilines is 1. The molecular weight excluding hydrogens is 448 g/mol. The summed E-state index contributed by atoms with van der Waals surface area (Å²) in [5.74, 6) is -1.23. The van der Waals surface area contributed by atoms with E-state index in [-0.39, 0.29) is 55.7 Å². The van der Waals surface area contributed by atoms with Gasteiger partial charge in [0, 0.05) is 17.7 Å². The van der Waals surface area contributed by atoms with Gasteiger partial charge in [0.1, 0.15) is 6.07 Å². The molecule has 0 aromatic heterocycles. The van der Waals surface area contributed by atoms with Crippen LogP contribution >= 0.6 is 23.2 Å². The van der Waals surface area contributed by atoms with Crippen LogP contribution in [0.4, 0.5) is 14.9 Å². The highest BCUT2D eigenvalue weighted by molar-refractivity contribution is 6.37. The first-order valence-electron chi connectivity index (χ1n) is 8.85. The Bertz CT molecular complexity index is 1220. The number of allylic oxidation sites excluding steroid dienone is 1. The van der Waals surface area contributed by atoms with Gasteiger partial charge < -0.3 is 15.4 Å². The van der Waals surface area contributed by atoms with Gasteiger partial charge >= 0.3 is 6.03 Å². The van der Waals surface area contributed by atoms with Crippen LogP contribution in [0, 0.1) is 17.1 Å². The molecule has 156 valence electrons. The van der Waals surface area contributed by atoms with Crippen molar-refractivity contribution in [3.05, 3.63) is 63.5 Å². The minimum absolute atomic E-state index is 0.0247. The predicted octanol–water partition coefficient (Wildman–Crippen LogP) is 4.13. The van der Waals surface area contributed by atoms with Gasteiger partial charge in [0.2, 0.25) is 0 Å². The van der Waals surface area contributed by atoms with Crippen LogP contribution in [0.1, 0.15) is 15.9 Å². The number of nitrogens with one attached hydrogen (secondary N) is 2. The summed E-state index contributed by atoms with van der Waals surface area (Å²) in [5.41, 5.74) is 0.619. The van der Waals surface area contributed by atoms with Crippen molar-refractivity contribution in [3.63, 3.8) is 0 Å². The maximum atomic E-state index is 14.9. The number of benzene rings is 2. The Labute approximate surface area is 185 Å². The van der Waals surface area contributed by atoms with E-state index in [1.807, 2.05) is 6.07 Å². The molecule has 0 saturated carbocycles. The third-order valence-corrected chi connectivity index (χ3v) is 5.16. The van der Waals surface area contributed by atoms with E-state index < -0.39 is 11.8 Å². The molecule has 0 bridgehead atoms. The van der Waals surface area contributed by atoms with E-state index >= 15 is 0 Å². The summed E-state index contributed by atoms with van der Waals surface area (Å²) < 4.78 is 20.5. The lowest BCUT2D eigenvalue weighted by molar-refractivity contribution is 0.0944. The largest absolute Gasteiger partial charge is 0.451 e. The highest BCUT2D eigenvalue weighted by Crippen LogP contribution is 2.41. The van der Waals surface area contributed by atoms with Gasteiger partial charge in [-0.2, -0.15) is 15.4 Å². The van der Waals surface area contributed by atoms with Crippen molar-refractivity contribution in [1.82, 2.24) is 10.6 Å². The van der Waals surface area contributed by atoms with Crippen LogP contribution in [0.5, 0.6) is 11.5 Å². The standard InChI is InChI=1S/C20H12Cl2FN5O3/c1-9-15(8-24)27-28(20(30)26-9)10-6-13(21)18(14(22)7-10)31-16-3-2-12-11(17(16)23)4-5-25-19(12)29/h2-3,6-7H,1,4-5H2,(H,25,29)(H,26,30).